The Morgan fingerprint density at radius 3 is 2.51 bits per heavy atom. The molecule has 0 radical (unpaired) electrons. The molecule has 6 nitrogen and oxygen atoms in total. The normalized spacial score (nSPS) is 10.7. The predicted octanol–water partition coefficient (Wildman–Crippen LogP) is 5.70. The van der Waals surface area contributed by atoms with Gasteiger partial charge in [-0.3, -0.25) is 4.79 Å². The molecule has 0 fully saturated rings. The third-order valence-corrected chi connectivity index (χ3v) is 5.03. The average molecular weight is 473 g/mol. The van der Waals surface area contributed by atoms with Crippen molar-refractivity contribution in [1.29, 1.82) is 5.26 Å². The van der Waals surface area contributed by atoms with Crippen molar-refractivity contribution in [1.82, 2.24) is 0 Å². The molecule has 0 saturated carbocycles. The van der Waals surface area contributed by atoms with E-state index in [2.05, 4.69) is 11.9 Å². The Morgan fingerprint density at radius 1 is 1.11 bits per heavy atom. The highest BCUT2D eigenvalue weighted by Crippen LogP contribution is 2.35. The highest BCUT2D eigenvalue weighted by molar-refractivity contribution is 6.09. The second kappa shape index (κ2) is 12.1. The number of anilines is 1. The zero-order chi connectivity index (χ0) is 25.2. The van der Waals surface area contributed by atoms with E-state index < -0.39 is 5.91 Å². The fourth-order valence-corrected chi connectivity index (χ4v) is 3.36. The number of hydrogen-bond donors (Lipinski definition) is 1. The first-order chi connectivity index (χ1) is 17.0. The number of halogens is 1. The highest BCUT2D eigenvalue weighted by atomic mass is 19.1. The number of allylic oxidation sites excluding steroid dienone is 1. The lowest BCUT2D eigenvalue weighted by molar-refractivity contribution is -0.112. The van der Waals surface area contributed by atoms with Crippen LogP contribution in [0.1, 0.15) is 16.7 Å². The zero-order valence-corrected chi connectivity index (χ0v) is 19.5. The van der Waals surface area contributed by atoms with Gasteiger partial charge in [-0.25, -0.2) is 4.39 Å². The minimum Gasteiger partial charge on any atom is -0.497 e. The predicted molar refractivity (Wildman–Crippen MR) is 133 cm³/mol. The number of carbonyl (C=O) groups is 1. The van der Waals surface area contributed by atoms with E-state index in [1.54, 1.807) is 61.7 Å². The Kier molecular flexibility index (Phi) is 8.63. The van der Waals surface area contributed by atoms with Gasteiger partial charge in [-0.1, -0.05) is 18.2 Å². The Balaban J connectivity index is 1.87. The maximum atomic E-state index is 13.5. The fourth-order valence-electron chi connectivity index (χ4n) is 3.36. The summed E-state index contributed by atoms with van der Waals surface area (Å²) < 4.78 is 30.1. The largest absolute Gasteiger partial charge is 0.497 e. The number of rotatable bonds is 10. The average Bonchev–Trinajstić information content (AvgIpc) is 2.87. The molecule has 1 N–H and O–H groups in total. The summed E-state index contributed by atoms with van der Waals surface area (Å²) in [5.74, 6) is 0.658. The molecule has 1 amide bonds. The van der Waals surface area contributed by atoms with Gasteiger partial charge in [-0.05, 0) is 72.2 Å². The van der Waals surface area contributed by atoms with Crippen LogP contribution in [0.2, 0.25) is 0 Å². The van der Waals surface area contributed by atoms with Crippen molar-refractivity contribution < 1.29 is 23.4 Å². The van der Waals surface area contributed by atoms with Crippen molar-refractivity contribution in [2.24, 2.45) is 0 Å². The van der Waals surface area contributed by atoms with E-state index in [-0.39, 0.29) is 18.0 Å². The summed E-state index contributed by atoms with van der Waals surface area (Å²) in [5.41, 5.74) is 2.44. The van der Waals surface area contributed by atoms with Crippen molar-refractivity contribution in [3.8, 4) is 23.3 Å². The summed E-state index contributed by atoms with van der Waals surface area (Å²) in [4.78, 5) is 12.7. The molecule has 0 saturated heterocycles. The van der Waals surface area contributed by atoms with Crippen LogP contribution in [0, 0.1) is 17.1 Å². The molecule has 0 heterocycles. The Hall–Kier alpha value is -4.57. The second-order valence-corrected chi connectivity index (χ2v) is 7.48. The summed E-state index contributed by atoms with van der Waals surface area (Å²) in [5, 5.41) is 12.3. The van der Waals surface area contributed by atoms with E-state index in [0.29, 0.717) is 40.5 Å². The van der Waals surface area contributed by atoms with Gasteiger partial charge in [0.05, 0.1) is 14.2 Å². The van der Waals surface area contributed by atoms with Crippen LogP contribution in [0.15, 0.2) is 78.9 Å². The first-order valence-corrected chi connectivity index (χ1v) is 10.7. The van der Waals surface area contributed by atoms with Gasteiger partial charge in [-0.2, -0.15) is 5.26 Å². The van der Waals surface area contributed by atoms with Gasteiger partial charge in [0.2, 0.25) is 0 Å². The Morgan fingerprint density at radius 2 is 1.89 bits per heavy atom. The number of benzene rings is 3. The molecular weight excluding hydrogens is 447 g/mol. The van der Waals surface area contributed by atoms with Crippen LogP contribution in [0.25, 0.3) is 6.08 Å². The number of methoxy groups -OCH3 is 2. The van der Waals surface area contributed by atoms with Gasteiger partial charge < -0.3 is 19.5 Å². The van der Waals surface area contributed by atoms with Crippen molar-refractivity contribution >= 4 is 17.7 Å². The van der Waals surface area contributed by atoms with E-state index >= 15 is 0 Å². The van der Waals surface area contributed by atoms with Crippen molar-refractivity contribution in [3.05, 3.63) is 101 Å². The van der Waals surface area contributed by atoms with Gasteiger partial charge >= 0.3 is 0 Å². The lowest BCUT2D eigenvalue weighted by atomic mass is 10.0. The number of nitriles is 1. The third kappa shape index (κ3) is 6.71. The van der Waals surface area contributed by atoms with Crippen LogP contribution in [0.3, 0.4) is 0 Å². The first-order valence-electron chi connectivity index (χ1n) is 10.7. The van der Waals surface area contributed by atoms with Crippen LogP contribution in [0.4, 0.5) is 10.1 Å². The minimum absolute atomic E-state index is 0.0825. The summed E-state index contributed by atoms with van der Waals surface area (Å²) >= 11 is 0. The molecule has 7 heteroatoms. The van der Waals surface area contributed by atoms with Crippen molar-refractivity contribution in [3.63, 3.8) is 0 Å². The van der Waals surface area contributed by atoms with E-state index in [1.165, 1.54) is 25.3 Å². The third-order valence-electron chi connectivity index (χ3n) is 5.03. The molecule has 35 heavy (non-hydrogen) atoms. The fraction of sp³-hybridized carbons (Fsp3) is 0.143. The van der Waals surface area contributed by atoms with E-state index in [0.717, 1.165) is 5.56 Å². The van der Waals surface area contributed by atoms with Crippen LogP contribution < -0.4 is 19.5 Å². The lowest BCUT2D eigenvalue weighted by Gasteiger charge is -2.16. The number of nitrogens with zero attached hydrogens (tertiary/aromatic N) is 1. The summed E-state index contributed by atoms with van der Waals surface area (Å²) in [6.45, 7) is 3.93. The van der Waals surface area contributed by atoms with Gasteiger partial charge in [-0.15, -0.1) is 6.58 Å². The first kappa shape index (κ1) is 25.1. The SMILES string of the molecule is C=CCc1cc(/C=C(\C#N)C(=O)Nc2ccc(OC)cc2)cc(OC)c1OCc1cccc(F)c1. The van der Waals surface area contributed by atoms with Gasteiger partial charge in [0.15, 0.2) is 11.5 Å². The number of carbonyl (C=O) groups excluding carboxylic acids is 1. The van der Waals surface area contributed by atoms with E-state index in [9.17, 15) is 14.4 Å². The van der Waals surface area contributed by atoms with Crippen LogP contribution in [-0.2, 0) is 17.8 Å². The molecule has 0 aliphatic carbocycles. The molecule has 0 aliphatic rings. The summed E-state index contributed by atoms with van der Waals surface area (Å²) in [6.07, 6.45) is 3.64. The van der Waals surface area contributed by atoms with Gasteiger partial charge in [0.1, 0.15) is 29.8 Å². The molecule has 0 bridgehead atoms. The van der Waals surface area contributed by atoms with E-state index in [4.69, 9.17) is 14.2 Å². The zero-order valence-electron chi connectivity index (χ0n) is 19.5. The van der Waals surface area contributed by atoms with Crippen LogP contribution in [0.5, 0.6) is 17.2 Å². The summed E-state index contributed by atoms with van der Waals surface area (Å²) in [7, 11) is 3.05. The quantitative estimate of drug-likeness (QED) is 0.233. The lowest BCUT2D eigenvalue weighted by Crippen LogP contribution is -2.13. The molecule has 3 aromatic carbocycles. The molecule has 178 valence electrons. The maximum absolute atomic E-state index is 13.5. The molecule has 3 aromatic rings. The molecular formula is C28H25FN2O4. The molecule has 0 spiro atoms. The Bertz CT molecular complexity index is 1280. The molecule has 0 aromatic heterocycles. The maximum Gasteiger partial charge on any atom is 0.266 e. The monoisotopic (exact) mass is 472 g/mol. The van der Waals surface area contributed by atoms with E-state index in [1.807, 2.05) is 6.07 Å². The van der Waals surface area contributed by atoms with Crippen molar-refractivity contribution in [2.75, 3.05) is 19.5 Å². The van der Waals surface area contributed by atoms with Gasteiger partial charge in [0.25, 0.3) is 5.91 Å². The molecule has 3 rings (SSSR count). The van der Waals surface area contributed by atoms with Gasteiger partial charge in [0, 0.05) is 11.3 Å². The van der Waals surface area contributed by atoms with Crippen LogP contribution in [-0.4, -0.2) is 20.1 Å². The standard InChI is InChI=1S/C28H25FN2O4/c1-4-6-21-13-20(14-22(17-30)28(32)31-24-9-11-25(33-2)12-10-24)16-26(34-3)27(21)35-18-19-7-5-8-23(29)15-19/h4-5,7-16H,1,6,18H2,2-3H3,(H,31,32)/b22-14+. The minimum atomic E-state index is -0.548. The Labute approximate surface area is 203 Å². The molecule has 0 atom stereocenters. The number of hydrogen-bond acceptors (Lipinski definition) is 5. The number of amides is 1. The van der Waals surface area contributed by atoms with Crippen LogP contribution >= 0.6 is 0 Å². The number of nitrogens with one attached hydrogen (secondary N) is 1. The topological polar surface area (TPSA) is 80.6 Å². The highest BCUT2D eigenvalue weighted by Gasteiger charge is 2.15. The molecule has 0 unspecified atom stereocenters. The second-order valence-electron chi connectivity index (χ2n) is 7.48. The van der Waals surface area contributed by atoms with Crippen molar-refractivity contribution in [2.45, 2.75) is 13.0 Å². The summed E-state index contributed by atoms with van der Waals surface area (Å²) in [6, 6.07) is 18.3. The number of ether oxygens (including phenoxy) is 3. The molecule has 0 aliphatic heterocycles. The smallest absolute Gasteiger partial charge is 0.266 e.